The van der Waals surface area contributed by atoms with E-state index in [2.05, 4.69) is 17.2 Å². The van der Waals surface area contributed by atoms with Gasteiger partial charge >= 0.3 is 0 Å². The molecule has 0 spiro atoms. The molecule has 0 aliphatic carbocycles. The number of thiophene rings is 1. The first kappa shape index (κ1) is 13.6. The Bertz CT molecular complexity index is 725. The average molecular weight is 307 g/mol. The van der Waals surface area contributed by atoms with Crippen molar-refractivity contribution in [3.8, 4) is 0 Å². The van der Waals surface area contributed by atoms with Gasteiger partial charge in [-0.3, -0.25) is 9.20 Å². The van der Waals surface area contributed by atoms with Gasteiger partial charge in [0.1, 0.15) is 4.83 Å². The number of carbonyl (C=O) groups excluding carboxylic acids is 1. The Hall–Kier alpha value is -1.40. The monoisotopic (exact) mass is 307 g/mol. The predicted octanol–water partition coefficient (Wildman–Crippen LogP) is 3.92. The lowest BCUT2D eigenvalue weighted by atomic mass is 10.2. The van der Waals surface area contributed by atoms with E-state index in [-0.39, 0.29) is 5.91 Å². The first-order valence-electron chi connectivity index (χ1n) is 6.93. The minimum absolute atomic E-state index is 0.0217. The summed E-state index contributed by atoms with van der Waals surface area (Å²) in [5.41, 5.74) is 1.03. The smallest absolute Gasteiger partial charge is 0.261 e. The molecule has 106 valence electrons. The molecule has 3 aromatic heterocycles. The van der Waals surface area contributed by atoms with Crippen LogP contribution in [0.5, 0.6) is 0 Å². The average Bonchev–Trinajstić information content (AvgIpc) is 3.09. The van der Waals surface area contributed by atoms with E-state index in [1.165, 1.54) is 30.6 Å². The van der Waals surface area contributed by atoms with Gasteiger partial charge in [0, 0.05) is 18.1 Å². The van der Waals surface area contributed by atoms with Crippen LogP contribution in [-0.2, 0) is 0 Å². The zero-order valence-corrected chi connectivity index (χ0v) is 13.0. The van der Waals surface area contributed by atoms with E-state index in [0.29, 0.717) is 0 Å². The zero-order chi connectivity index (χ0) is 13.9. The van der Waals surface area contributed by atoms with Crippen molar-refractivity contribution in [3.63, 3.8) is 0 Å². The highest BCUT2D eigenvalue weighted by molar-refractivity contribution is 7.21. The summed E-state index contributed by atoms with van der Waals surface area (Å²) >= 11 is 3.08. The first-order chi connectivity index (χ1) is 9.79. The first-order valence-corrected chi connectivity index (χ1v) is 8.62. The highest BCUT2D eigenvalue weighted by atomic mass is 32.1. The van der Waals surface area contributed by atoms with Crippen molar-refractivity contribution in [2.75, 3.05) is 6.54 Å². The third-order valence-corrected chi connectivity index (χ3v) is 5.05. The molecule has 0 atom stereocenters. The molecular weight excluding hydrogens is 290 g/mol. The number of aromatic nitrogens is 2. The van der Waals surface area contributed by atoms with Crippen LogP contribution in [0.3, 0.4) is 0 Å². The van der Waals surface area contributed by atoms with Crippen molar-refractivity contribution in [3.05, 3.63) is 22.5 Å². The van der Waals surface area contributed by atoms with Gasteiger partial charge in [-0.25, -0.2) is 4.98 Å². The largest absolute Gasteiger partial charge is 0.351 e. The van der Waals surface area contributed by atoms with E-state index < -0.39 is 0 Å². The van der Waals surface area contributed by atoms with Crippen molar-refractivity contribution >= 4 is 43.9 Å². The van der Waals surface area contributed by atoms with Crippen molar-refractivity contribution in [1.29, 1.82) is 0 Å². The van der Waals surface area contributed by atoms with Crippen molar-refractivity contribution in [1.82, 2.24) is 14.7 Å². The molecule has 0 saturated heterocycles. The molecule has 0 radical (unpaired) electrons. The summed E-state index contributed by atoms with van der Waals surface area (Å²) in [5, 5.41) is 4.99. The predicted molar refractivity (Wildman–Crippen MR) is 84.9 cm³/mol. The lowest BCUT2D eigenvalue weighted by Gasteiger charge is -2.02. The number of nitrogens with zero attached hydrogens (tertiary/aromatic N) is 2. The molecular formula is C14H17N3OS2. The van der Waals surface area contributed by atoms with Crippen LogP contribution in [0.25, 0.3) is 15.3 Å². The van der Waals surface area contributed by atoms with E-state index in [1.54, 1.807) is 11.3 Å². The Labute approximate surface area is 125 Å². The summed E-state index contributed by atoms with van der Waals surface area (Å²) in [4.78, 5) is 19.3. The zero-order valence-electron chi connectivity index (χ0n) is 11.4. The molecule has 0 aliphatic rings. The lowest BCUT2D eigenvalue weighted by Crippen LogP contribution is -2.23. The van der Waals surface area contributed by atoms with E-state index in [4.69, 9.17) is 0 Å². The number of rotatable bonds is 6. The van der Waals surface area contributed by atoms with Crippen LogP contribution in [0.1, 0.15) is 42.3 Å². The Morgan fingerprint density at radius 2 is 2.30 bits per heavy atom. The van der Waals surface area contributed by atoms with E-state index in [9.17, 15) is 4.79 Å². The van der Waals surface area contributed by atoms with Crippen LogP contribution in [0.4, 0.5) is 0 Å². The number of fused-ring (bicyclic) bond motifs is 3. The molecule has 4 nitrogen and oxygen atoms in total. The fraction of sp³-hybridized carbons (Fsp3) is 0.429. The molecule has 0 aliphatic heterocycles. The minimum atomic E-state index is 0.0217. The van der Waals surface area contributed by atoms with E-state index >= 15 is 0 Å². The Morgan fingerprint density at radius 1 is 1.40 bits per heavy atom. The summed E-state index contributed by atoms with van der Waals surface area (Å²) in [5.74, 6) is 0.0217. The third kappa shape index (κ3) is 2.58. The number of unbranched alkanes of at least 4 members (excludes halogenated alkanes) is 3. The van der Waals surface area contributed by atoms with Crippen molar-refractivity contribution in [2.24, 2.45) is 0 Å². The van der Waals surface area contributed by atoms with Gasteiger partial charge < -0.3 is 5.32 Å². The van der Waals surface area contributed by atoms with Gasteiger partial charge in [0.05, 0.1) is 10.4 Å². The van der Waals surface area contributed by atoms with Crippen molar-refractivity contribution < 1.29 is 4.79 Å². The molecule has 0 saturated carbocycles. The molecule has 0 unspecified atom stereocenters. The fourth-order valence-corrected chi connectivity index (χ4v) is 3.92. The Kier molecular flexibility index (Phi) is 4.03. The molecule has 0 bridgehead atoms. The van der Waals surface area contributed by atoms with Gasteiger partial charge in [0.2, 0.25) is 0 Å². The molecule has 3 heterocycles. The number of hydrogen-bond acceptors (Lipinski definition) is 4. The quantitative estimate of drug-likeness (QED) is 0.702. The third-order valence-electron chi connectivity index (χ3n) is 3.28. The van der Waals surface area contributed by atoms with Crippen LogP contribution in [0.2, 0.25) is 0 Å². The number of nitrogens with one attached hydrogen (secondary N) is 1. The second-order valence-electron chi connectivity index (χ2n) is 4.78. The maximum absolute atomic E-state index is 12.1. The molecule has 3 rings (SSSR count). The number of imidazole rings is 1. The molecule has 6 heteroatoms. The van der Waals surface area contributed by atoms with Crippen LogP contribution in [0.15, 0.2) is 17.6 Å². The second-order valence-corrected chi connectivity index (χ2v) is 6.69. The summed E-state index contributed by atoms with van der Waals surface area (Å²) in [6.07, 6.45) is 6.68. The standard InChI is InChI=1S/C14H17N3OS2/c1-2-3-4-5-6-15-12(18)11-9-10-13(20-11)16-14-17(10)7-8-19-14/h7-9H,2-6H2,1H3,(H,15,18). The maximum Gasteiger partial charge on any atom is 0.261 e. The SMILES string of the molecule is CCCCCCNC(=O)c1cc2c(nc3sccn32)s1. The summed E-state index contributed by atoms with van der Waals surface area (Å²) in [6.45, 7) is 2.95. The topological polar surface area (TPSA) is 46.4 Å². The van der Waals surface area contributed by atoms with Gasteiger partial charge in [0.15, 0.2) is 4.96 Å². The summed E-state index contributed by atoms with van der Waals surface area (Å²) in [6, 6.07) is 1.94. The number of thiazole rings is 1. The van der Waals surface area contributed by atoms with Gasteiger partial charge in [-0.1, -0.05) is 26.2 Å². The Balaban J connectivity index is 1.67. The van der Waals surface area contributed by atoms with Crippen LogP contribution in [-0.4, -0.2) is 21.8 Å². The molecule has 3 aromatic rings. The number of carbonyl (C=O) groups is 1. The van der Waals surface area contributed by atoms with Crippen LogP contribution in [0, 0.1) is 0 Å². The molecule has 20 heavy (non-hydrogen) atoms. The minimum Gasteiger partial charge on any atom is -0.351 e. The van der Waals surface area contributed by atoms with Gasteiger partial charge in [-0.05, 0) is 12.5 Å². The van der Waals surface area contributed by atoms with Crippen LogP contribution < -0.4 is 5.32 Å². The summed E-state index contributed by atoms with van der Waals surface area (Å²) in [7, 11) is 0. The highest BCUT2D eigenvalue weighted by Crippen LogP contribution is 2.28. The van der Waals surface area contributed by atoms with Gasteiger partial charge in [-0.2, -0.15) is 0 Å². The molecule has 0 aromatic carbocycles. The van der Waals surface area contributed by atoms with Gasteiger partial charge in [0.25, 0.3) is 5.91 Å². The van der Waals surface area contributed by atoms with E-state index in [1.807, 2.05) is 22.0 Å². The maximum atomic E-state index is 12.1. The molecule has 0 fully saturated rings. The number of hydrogen-bond donors (Lipinski definition) is 1. The molecule has 1 N–H and O–H groups in total. The number of amides is 1. The van der Waals surface area contributed by atoms with E-state index in [0.717, 1.165) is 33.2 Å². The summed E-state index contributed by atoms with van der Waals surface area (Å²) < 4.78 is 2.04. The lowest BCUT2D eigenvalue weighted by molar-refractivity contribution is 0.0957. The van der Waals surface area contributed by atoms with Crippen molar-refractivity contribution in [2.45, 2.75) is 32.6 Å². The molecule has 1 amide bonds. The van der Waals surface area contributed by atoms with Gasteiger partial charge in [-0.15, -0.1) is 22.7 Å². The highest BCUT2D eigenvalue weighted by Gasteiger charge is 2.14. The Morgan fingerprint density at radius 3 is 3.15 bits per heavy atom. The fourth-order valence-electron chi connectivity index (χ4n) is 2.20. The second kappa shape index (κ2) is 5.93. The normalized spacial score (nSPS) is 11.4. The van der Waals surface area contributed by atoms with Crippen LogP contribution >= 0.6 is 22.7 Å².